The predicted molar refractivity (Wildman–Crippen MR) is 85.7 cm³/mol. The molecule has 0 spiro atoms. The summed E-state index contributed by atoms with van der Waals surface area (Å²) in [6.07, 6.45) is 2.61. The van der Waals surface area contributed by atoms with Gasteiger partial charge in [0.25, 0.3) is 5.56 Å². The van der Waals surface area contributed by atoms with E-state index in [0.29, 0.717) is 5.57 Å². The summed E-state index contributed by atoms with van der Waals surface area (Å²) in [6, 6.07) is 0. The Labute approximate surface area is 187 Å². The van der Waals surface area contributed by atoms with Crippen molar-refractivity contribution in [3.63, 3.8) is 0 Å². The fraction of sp³-hybridized carbons (Fsp3) is 0.364. The van der Waals surface area contributed by atoms with Crippen molar-refractivity contribution in [3.8, 4) is 0 Å². The van der Waals surface area contributed by atoms with Gasteiger partial charge in [-0.2, -0.15) is 4.98 Å². The molecule has 1 unspecified atom stereocenters. The van der Waals surface area contributed by atoms with Crippen LogP contribution in [0.5, 0.6) is 0 Å². The minimum Gasteiger partial charge on any atom is -0.789 e. The molecule has 14 nitrogen and oxygen atoms in total. The zero-order chi connectivity index (χ0) is 20.0. The summed E-state index contributed by atoms with van der Waals surface area (Å²) in [6.45, 7) is -0.722. The van der Waals surface area contributed by atoms with Gasteiger partial charge < -0.3 is 25.2 Å². The number of imidazole rings is 1. The number of aliphatic hydroxyl groups excluding tert-OH is 1. The third-order valence-electron chi connectivity index (χ3n) is 3.65. The quantitative estimate of drug-likeness (QED) is 0.273. The van der Waals surface area contributed by atoms with Crippen molar-refractivity contribution in [2.45, 2.75) is 12.0 Å². The average Bonchev–Trinajstić information content (AvgIpc) is 3.05. The molecule has 2 aromatic heterocycles. The number of nitrogen functional groups attached to an aromatic ring is 1. The molecule has 0 aliphatic heterocycles. The van der Waals surface area contributed by atoms with E-state index in [0.717, 1.165) is 7.11 Å². The molecule has 0 bridgehead atoms. The van der Waals surface area contributed by atoms with E-state index >= 15 is 0 Å². The Morgan fingerprint density at radius 3 is 2.66 bits per heavy atom. The van der Waals surface area contributed by atoms with E-state index < -0.39 is 33.4 Å². The topological polar surface area (TPSA) is 218 Å². The molecule has 0 radical (unpaired) electrons. The van der Waals surface area contributed by atoms with Crippen molar-refractivity contribution in [1.29, 1.82) is 0 Å². The predicted octanol–water partition coefficient (Wildman–Crippen LogP) is -7.70. The second-order valence-electron chi connectivity index (χ2n) is 5.51. The summed E-state index contributed by atoms with van der Waals surface area (Å²) in [5, 5.41) is 9.58. The van der Waals surface area contributed by atoms with Crippen molar-refractivity contribution in [3.05, 3.63) is 22.3 Å². The number of hydrogen-bond donors (Lipinski definition) is 3. The van der Waals surface area contributed by atoms with Gasteiger partial charge in [0.05, 0.1) is 14.4 Å². The van der Waals surface area contributed by atoms with E-state index in [1.807, 2.05) is 0 Å². The molecular formula is C11H13Li2N5O9P2. The molecule has 2 heterocycles. The van der Waals surface area contributed by atoms with E-state index in [-0.39, 0.29) is 61.3 Å². The number of H-pyrrole nitrogens is 1. The number of nitrogens with two attached hydrogens (primary N) is 1. The van der Waals surface area contributed by atoms with E-state index in [4.69, 9.17) is 10.3 Å². The Bertz CT molecular complexity index is 1080. The second kappa shape index (κ2) is 9.20. The monoisotopic (exact) mass is 435 g/mol. The first kappa shape index (κ1) is 26.3. The van der Waals surface area contributed by atoms with Gasteiger partial charge in [-0.15, -0.1) is 0 Å². The van der Waals surface area contributed by atoms with Crippen LogP contribution in [0.25, 0.3) is 17.4 Å². The van der Waals surface area contributed by atoms with Crippen LogP contribution < -0.4 is 58.8 Å². The van der Waals surface area contributed by atoms with Gasteiger partial charge in [0.1, 0.15) is 11.9 Å². The molecule has 1 saturated carbocycles. The van der Waals surface area contributed by atoms with Gasteiger partial charge in [-0.05, 0) is 5.57 Å². The van der Waals surface area contributed by atoms with Gasteiger partial charge in [-0.25, -0.2) is 9.55 Å². The van der Waals surface area contributed by atoms with Crippen LogP contribution in [-0.4, -0.2) is 43.9 Å². The van der Waals surface area contributed by atoms with Crippen LogP contribution in [0.15, 0.2) is 16.7 Å². The van der Waals surface area contributed by atoms with Crippen molar-refractivity contribution in [1.82, 2.24) is 19.5 Å². The maximum Gasteiger partial charge on any atom is 1.00 e. The number of aliphatic hydroxyl groups is 1. The molecule has 3 rings (SSSR count). The normalized spacial score (nSPS) is 22.0. The largest absolute Gasteiger partial charge is 1.00 e. The minimum absolute atomic E-state index is 0. The molecule has 2 aromatic rings. The van der Waals surface area contributed by atoms with Crippen LogP contribution in [0.2, 0.25) is 0 Å². The molecule has 0 aromatic carbocycles. The fourth-order valence-electron chi connectivity index (χ4n) is 2.33. The number of aromatic nitrogens is 4. The zero-order valence-electron chi connectivity index (χ0n) is 15.6. The number of phosphoric ester groups is 1. The number of phosphoric acid groups is 2. The van der Waals surface area contributed by atoms with Gasteiger partial charge in [0.15, 0.2) is 11.2 Å². The van der Waals surface area contributed by atoms with Gasteiger partial charge in [-0.1, -0.05) is 0 Å². The van der Waals surface area contributed by atoms with E-state index in [1.54, 1.807) is 0 Å². The maximum absolute atomic E-state index is 12.2. The number of aromatic amines is 1. The van der Waals surface area contributed by atoms with Gasteiger partial charge in [0.2, 0.25) is 5.95 Å². The first-order valence-electron chi connectivity index (χ1n) is 7.15. The summed E-state index contributed by atoms with van der Waals surface area (Å²) in [5.74, 6) is -0.146. The standard InChI is InChI=1S/C11H15N5O9P2.2Li/c1-23-27(22,25-26(19,20)21)24-11(4-17)2-6(11)3-16-5-13-7-8(16)14-10(12)15-9(7)18;;/h3,5,17H,2,4H2,1H3,(H2,19,20,21)(H3,12,14,15,18);;/q;2*+1/p-2/b6-3-;;/t11-,27?;;/m1../s1. The number of fused-ring (bicyclic) bond motifs is 1. The number of anilines is 1. The molecule has 1 aliphatic rings. The number of hydrogen-bond acceptors (Lipinski definition) is 12. The first-order chi connectivity index (χ1) is 12.5. The first-order valence-corrected chi connectivity index (χ1v) is 10.1. The van der Waals surface area contributed by atoms with Crippen molar-refractivity contribution < 1.29 is 75.1 Å². The van der Waals surface area contributed by atoms with Crippen LogP contribution in [-0.2, 0) is 22.5 Å². The Balaban J connectivity index is 0.00000210. The minimum atomic E-state index is -5.68. The Morgan fingerprint density at radius 1 is 1.45 bits per heavy atom. The molecule has 0 amide bonds. The molecule has 2 atom stereocenters. The van der Waals surface area contributed by atoms with Gasteiger partial charge in [-0.3, -0.25) is 27.7 Å². The molecule has 29 heavy (non-hydrogen) atoms. The molecular weight excluding hydrogens is 422 g/mol. The van der Waals surface area contributed by atoms with Crippen molar-refractivity contribution >= 4 is 39.0 Å². The molecule has 18 heteroatoms. The summed E-state index contributed by atoms with van der Waals surface area (Å²) < 4.78 is 37.5. The number of rotatable bonds is 7. The summed E-state index contributed by atoms with van der Waals surface area (Å²) in [4.78, 5) is 43.3. The Kier molecular flexibility index (Phi) is 8.36. The van der Waals surface area contributed by atoms with Crippen LogP contribution in [0, 0.1) is 0 Å². The van der Waals surface area contributed by atoms with E-state index in [2.05, 4.69) is 23.8 Å². The number of nitrogens with zero attached hydrogens (tertiary/aromatic N) is 3. The average molecular weight is 435 g/mol. The third-order valence-corrected chi connectivity index (χ3v) is 6.27. The molecule has 1 fully saturated rings. The van der Waals surface area contributed by atoms with E-state index in [9.17, 15) is 28.8 Å². The maximum atomic E-state index is 12.2. The van der Waals surface area contributed by atoms with Crippen molar-refractivity contribution in [2.24, 2.45) is 0 Å². The smallest absolute Gasteiger partial charge is 0.789 e. The third kappa shape index (κ3) is 5.72. The molecule has 1 aliphatic carbocycles. The fourth-order valence-corrected chi connectivity index (χ4v) is 4.46. The molecule has 148 valence electrons. The number of nitrogens with one attached hydrogen (secondary N) is 1. The van der Waals surface area contributed by atoms with Gasteiger partial charge in [0, 0.05) is 19.7 Å². The van der Waals surface area contributed by atoms with Crippen LogP contribution in [0.3, 0.4) is 0 Å². The SMILES string of the molecule is COP(=O)(O[C@@]1(CO)C/C1=C/n1cnc2c(=O)[nH]c(N)nc21)OP(=O)([O-])[O-].[Li+].[Li+]. The van der Waals surface area contributed by atoms with Crippen LogP contribution >= 0.6 is 15.6 Å². The zero-order valence-corrected chi connectivity index (χ0v) is 17.4. The Morgan fingerprint density at radius 2 is 2.10 bits per heavy atom. The Hall–Kier alpha value is -0.695. The van der Waals surface area contributed by atoms with Crippen molar-refractivity contribution in [2.75, 3.05) is 19.5 Å². The van der Waals surface area contributed by atoms with Crippen LogP contribution in [0.4, 0.5) is 5.95 Å². The van der Waals surface area contributed by atoms with Gasteiger partial charge >= 0.3 is 45.5 Å². The summed E-state index contributed by atoms with van der Waals surface area (Å²) in [7, 11) is -9.66. The summed E-state index contributed by atoms with van der Waals surface area (Å²) >= 11 is 0. The second-order valence-corrected chi connectivity index (χ2v) is 8.50. The van der Waals surface area contributed by atoms with E-state index in [1.165, 1.54) is 17.1 Å². The molecule has 0 saturated heterocycles. The van der Waals surface area contributed by atoms with Crippen LogP contribution in [0.1, 0.15) is 6.42 Å². The molecule has 4 N–H and O–H groups in total. The summed E-state index contributed by atoms with van der Waals surface area (Å²) in [5.41, 5.74) is 3.75.